The van der Waals surface area contributed by atoms with Crippen molar-refractivity contribution in [3.8, 4) is 28.1 Å². The minimum absolute atomic E-state index is 0.353. The maximum atomic E-state index is 11.9. The lowest BCUT2D eigenvalue weighted by atomic mass is 9.96. The van der Waals surface area contributed by atoms with Gasteiger partial charge in [-0.3, -0.25) is 0 Å². The molecule has 0 saturated heterocycles. The summed E-state index contributed by atoms with van der Waals surface area (Å²) in [4.78, 5) is 16.8. The van der Waals surface area contributed by atoms with Crippen LogP contribution in [0, 0.1) is 6.92 Å². The number of fused-ring (bicyclic) bond motifs is 2. The number of hydrogen-bond donors (Lipinski definition) is 0. The van der Waals surface area contributed by atoms with Crippen molar-refractivity contribution in [2.24, 2.45) is 0 Å². The monoisotopic (exact) mass is 393 g/mol. The number of benzene rings is 3. The average Bonchev–Trinajstić information content (AvgIpc) is 2.78. The Balaban J connectivity index is 1.84. The molecule has 0 spiro atoms. The van der Waals surface area contributed by atoms with Crippen LogP contribution in [0.4, 0.5) is 0 Å². The molecule has 5 aromatic rings. The number of nitrogens with zero attached hydrogens (tertiary/aromatic N) is 1. The van der Waals surface area contributed by atoms with Crippen LogP contribution in [0.2, 0.25) is 0 Å². The fourth-order valence-electron chi connectivity index (χ4n) is 3.81. The fraction of sp³-hybridized carbons (Fsp3) is 0.0769. The van der Waals surface area contributed by atoms with Crippen LogP contribution in [-0.2, 0) is 0 Å². The molecule has 2 aromatic heterocycles. The Kier molecular flexibility index (Phi) is 4.32. The van der Waals surface area contributed by atoms with E-state index in [-0.39, 0.29) is 5.63 Å². The van der Waals surface area contributed by atoms with Gasteiger partial charge < -0.3 is 9.15 Å². The van der Waals surface area contributed by atoms with Crippen molar-refractivity contribution in [3.05, 3.63) is 94.8 Å². The smallest absolute Gasteiger partial charge is 0.336 e. The van der Waals surface area contributed by atoms with Gasteiger partial charge in [-0.05, 0) is 60.0 Å². The third kappa shape index (κ3) is 3.12. The molecule has 2 heterocycles. The SMILES string of the molecule is COc1ccc(-c2cc(-c3ccccc3)c3cc4c(C)cc(=O)oc4cc3n2)cc1. The van der Waals surface area contributed by atoms with Crippen molar-refractivity contribution in [1.29, 1.82) is 0 Å². The number of aryl methyl sites for hydroxylation is 1. The number of aromatic nitrogens is 1. The lowest BCUT2D eigenvalue weighted by Crippen LogP contribution is -1.98. The Morgan fingerprint density at radius 1 is 0.833 bits per heavy atom. The van der Waals surface area contributed by atoms with E-state index in [0.29, 0.717) is 5.58 Å². The lowest BCUT2D eigenvalue weighted by Gasteiger charge is -2.12. The predicted molar refractivity (Wildman–Crippen MR) is 120 cm³/mol. The van der Waals surface area contributed by atoms with E-state index in [4.69, 9.17) is 14.1 Å². The van der Waals surface area contributed by atoms with Gasteiger partial charge in [-0.2, -0.15) is 0 Å². The highest BCUT2D eigenvalue weighted by atomic mass is 16.5. The van der Waals surface area contributed by atoms with Crippen LogP contribution in [0.1, 0.15) is 5.56 Å². The van der Waals surface area contributed by atoms with Crippen LogP contribution >= 0.6 is 0 Å². The first kappa shape index (κ1) is 18.1. The summed E-state index contributed by atoms with van der Waals surface area (Å²) in [7, 11) is 1.65. The van der Waals surface area contributed by atoms with E-state index in [1.165, 1.54) is 6.07 Å². The standard InChI is InChI=1S/C26H19NO3/c1-16-12-26(28)30-25-15-24-22(13-20(16)25)21(17-6-4-3-5-7-17)14-23(27-24)18-8-10-19(29-2)11-9-18/h3-15H,1-2H3. The molecule has 0 aliphatic carbocycles. The van der Waals surface area contributed by atoms with Gasteiger partial charge in [-0.1, -0.05) is 30.3 Å². The minimum atomic E-state index is -0.353. The van der Waals surface area contributed by atoms with Crippen molar-refractivity contribution in [2.45, 2.75) is 6.92 Å². The summed E-state index contributed by atoms with van der Waals surface area (Å²) in [5.74, 6) is 0.797. The maximum absolute atomic E-state index is 11.9. The van der Waals surface area contributed by atoms with Gasteiger partial charge in [0.25, 0.3) is 0 Å². The van der Waals surface area contributed by atoms with Gasteiger partial charge in [-0.25, -0.2) is 9.78 Å². The quantitative estimate of drug-likeness (QED) is 0.279. The summed E-state index contributed by atoms with van der Waals surface area (Å²) in [5.41, 5.74) is 5.89. The fourth-order valence-corrected chi connectivity index (χ4v) is 3.81. The highest BCUT2D eigenvalue weighted by molar-refractivity contribution is 6.03. The van der Waals surface area contributed by atoms with E-state index >= 15 is 0 Å². The van der Waals surface area contributed by atoms with Crippen molar-refractivity contribution in [3.63, 3.8) is 0 Å². The molecule has 30 heavy (non-hydrogen) atoms. The molecule has 0 bridgehead atoms. The molecule has 146 valence electrons. The van der Waals surface area contributed by atoms with E-state index in [1.807, 2.05) is 55.5 Å². The normalized spacial score (nSPS) is 11.1. The zero-order valence-electron chi connectivity index (χ0n) is 16.7. The second kappa shape index (κ2) is 7.16. The van der Waals surface area contributed by atoms with E-state index in [1.54, 1.807) is 7.11 Å². The Hall–Kier alpha value is -3.92. The number of pyridine rings is 1. The van der Waals surface area contributed by atoms with Gasteiger partial charge in [0.1, 0.15) is 11.3 Å². The van der Waals surface area contributed by atoms with E-state index in [9.17, 15) is 4.79 Å². The zero-order chi connectivity index (χ0) is 20.7. The Bertz CT molecular complexity index is 1440. The molecule has 0 unspecified atom stereocenters. The van der Waals surface area contributed by atoms with E-state index < -0.39 is 0 Å². The first-order valence-electron chi connectivity index (χ1n) is 9.71. The summed E-state index contributed by atoms with van der Waals surface area (Å²) < 4.78 is 10.7. The molecule has 0 atom stereocenters. The molecule has 0 fully saturated rings. The van der Waals surface area contributed by atoms with Crippen molar-refractivity contribution < 1.29 is 9.15 Å². The molecule has 4 nitrogen and oxygen atoms in total. The van der Waals surface area contributed by atoms with Crippen molar-refractivity contribution in [2.75, 3.05) is 7.11 Å². The average molecular weight is 393 g/mol. The molecule has 3 aromatic carbocycles. The molecule has 0 aliphatic heterocycles. The zero-order valence-corrected chi connectivity index (χ0v) is 16.7. The van der Waals surface area contributed by atoms with Crippen molar-refractivity contribution >= 4 is 21.9 Å². The summed E-state index contributed by atoms with van der Waals surface area (Å²) in [6, 6.07) is 25.6. The second-order valence-electron chi connectivity index (χ2n) is 7.26. The highest BCUT2D eigenvalue weighted by Crippen LogP contribution is 2.35. The molecule has 0 aliphatic rings. The Morgan fingerprint density at radius 3 is 2.33 bits per heavy atom. The Labute approximate surface area is 173 Å². The Morgan fingerprint density at radius 2 is 1.60 bits per heavy atom. The van der Waals surface area contributed by atoms with Gasteiger partial charge >= 0.3 is 5.63 Å². The molecule has 0 saturated carbocycles. The first-order chi connectivity index (χ1) is 14.6. The van der Waals surface area contributed by atoms with Crippen LogP contribution < -0.4 is 10.4 Å². The topological polar surface area (TPSA) is 52.3 Å². The number of methoxy groups -OCH3 is 1. The third-order valence-electron chi connectivity index (χ3n) is 5.35. The first-order valence-corrected chi connectivity index (χ1v) is 9.71. The summed E-state index contributed by atoms with van der Waals surface area (Å²) in [5, 5.41) is 1.93. The molecular formula is C26H19NO3. The number of rotatable bonds is 3. The van der Waals surface area contributed by atoms with E-state index in [0.717, 1.165) is 50.0 Å². The van der Waals surface area contributed by atoms with Crippen LogP contribution in [0.3, 0.4) is 0 Å². The summed E-state index contributed by atoms with van der Waals surface area (Å²) in [6.45, 7) is 1.92. The van der Waals surface area contributed by atoms with Gasteiger partial charge in [0.2, 0.25) is 0 Å². The van der Waals surface area contributed by atoms with Crippen LogP contribution in [-0.4, -0.2) is 12.1 Å². The number of hydrogen-bond acceptors (Lipinski definition) is 4. The van der Waals surface area contributed by atoms with Crippen LogP contribution in [0.15, 0.2) is 88.1 Å². The van der Waals surface area contributed by atoms with Crippen LogP contribution in [0.5, 0.6) is 5.75 Å². The van der Waals surface area contributed by atoms with Gasteiger partial charge in [-0.15, -0.1) is 0 Å². The van der Waals surface area contributed by atoms with Crippen molar-refractivity contribution in [1.82, 2.24) is 4.98 Å². The van der Waals surface area contributed by atoms with Gasteiger partial charge in [0.15, 0.2) is 0 Å². The molecule has 0 radical (unpaired) electrons. The highest BCUT2D eigenvalue weighted by Gasteiger charge is 2.13. The minimum Gasteiger partial charge on any atom is -0.497 e. The number of ether oxygens (including phenoxy) is 1. The molecular weight excluding hydrogens is 374 g/mol. The van der Waals surface area contributed by atoms with Gasteiger partial charge in [0, 0.05) is 28.5 Å². The molecule has 0 N–H and O–H groups in total. The largest absolute Gasteiger partial charge is 0.497 e. The maximum Gasteiger partial charge on any atom is 0.336 e. The third-order valence-corrected chi connectivity index (χ3v) is 5.35. The van der Waals surface area contributed by atoms with Crippen LogP contribution in [0.25, 0.3) is 44.3 Å². The lowest BCUT2D eigenvalue weighted by molar-refractivity contribution is 0.415. The molecule has 5 rings (SSSR count). The van der Waals surface area contributed by atoms with Gasteiger partial charge in [0.05, 0.1) is 18.3 Å². The predicted octanol–water partition coefficient (Wildman–Crippen LogP) is 5.99. The molecule has 4 heteroatoms. The summed E-state index contributed by atoms with van der Waals surface area (Å²) >= 11 is 0. The van der Waals surface area contributed by atoms with E-state index in [2.05, 4.69) is 24.3 Å². The molecule has 0 amide bonds. The second-order valence-corrected chi connectivity index (χ2v) is 7.26. The summed E-state index contributed by atoms with van der Waals surface area (Å²) in [6.07, 6.45) is 0.